The lowest BCUT2D eigenvalue weighted by molar-refractivity contribution is 0.0700. The standard InChI is InChI=1S/C16H17ClN2O4S/c1-4-23-12-7-10(17)5-6-11(12)14(20)18-9(3)15-19-8(2)13(24-15)16(21)22/h5-7,9H,4H2,1-3H3,(H,18,20)(H,21,22). The van der Waals surface area contributed by atoms with Crippen molar-refractivity contribution in [3.8, 4) is 5.75 Å². The predicted molar refractivity (Wildman–Crippen MR) is 92.3 cm³/mol. The number of thiazole rings is 1. The largest absolute Gasteiger partial charge is 0.493 e. The Bertz CT molecular complexity index is 775. The number of amides is 1. The van der Waals surface area contributed by atoms with Crippen molar-refractivity contribution in [3.05, 3.63) is 44.4 Å². The van der Waals surface area contributed by atoms with Gasteiger partial charge in [0.05, 0.1) is 23.9 Å². The number of nitrogens with zero attached hydrogens (tertiary/aromatic N) is 1. The molecule has 2 N–H and O–H groups in total. The first-order chi connectivity index (χ1) is 11.3. The minimum Gasteiger partial charge on any atom is -0.493 e. The first-order valence-electron chi connectivity index (χ1n) is 7.27. The molecule has 0 saturated heterocycles. The van der Waals surface area contributed by atoms with E-state index in [9.17, 15) is 9.59 Å². The van der Waals surface area contributed by atoms with E-state index < -0.39 is 12.0 Å². The Morgan fingerprint density at radius 2 is 2.17 bits per heavy atom. The van der Waals surface area contributed by atoms with E-state index in [1.807, 2.05) is 6.92 Å². The fraction of sp³-hybridized carbons (Fsp3) is 0.312. The van der Waals surface area contributed by atoms with Crippen LogP contribution in [0.25, 0.3) is 0 Å². The van der Waals surface area contributed by atoms with Gasteiger partial charge in [-0.15, -0.1) is 11.3 Å². The summed E-state index contributed by atoms with van der Waals surface area (Å²) in [6.07, 6.45) is 0. The van der Waals surface area contributed by atoms with Gasteiger partial charge in [0.2, 0.25) is 0 Å². The minimum atomic E-state index is -1.02. The molecule has 0 aliphatic heterocycles. The summed E-state index contributed by atoms with van der Waals surface area (Å²) in [7, 11) is 0. The Balaban J connectivity index is 2.20. The van der Waals surface area contributed by atoms with Crippen LogP contribution in [0.3, 0.4) is 0 Å². The number of carbonyl (C=O) groups is 2. The van der Waals surface area contributed by atoms with Gasteiger partial charge in [-0.1, -0.05) is 11.6 Å². The Hall–Kier alpha value is -2.12. The molecule has 1 atom stereocenters. The summed E-state index contributed by atoms with van der Waals surface area (Å²) < 4.78 is 5.44. The average Bonchev–Trinajstić information content (AvgIpc) is 2.90. The summed E-state index contributed by atoms with van der Waals surface area (Å²) in [5.41, 5.74) is 0.796. The Kier molecular flexibility index (Phi) is 5.80. The fourth-order valence-electron chi connectivity index (χ4n) is 2.10. The summed E-state index contributed by atoms with van der Waals surface area (Å²) in [5.74, 6) is -0.963. The maximum Gasteiger partial charge on any atom is 0.347 e. The van der Waals surface area contributed by atoms with Crippen molar-refractivity contribution in [3.63, 3.8) is 0 Å². The zero-order valence-corrected chi connectivity index (χ0v) is 15.0. The highest BCUT2D eigenvalue weighted by atomic mass is 35.5. The first kappa shape index (κ1) is 18.2. The molecule has 1 unspecified atom stereocenters. The zero-order chi connectivity index (χ0) is 17.9. The molecule has 0 fully saturated rings. The number of ether oxygens (including phenoxy) is 1. The molecular weight excluding hydrogens is 352 g/mol. The molecule has 1 aromatic heterocycles. The van der Waals surface area contributed by atoms with Crippen LogP contribution in [0.5, 0.6) is 5.75 Å². The number of aromatic nitrogens is 1. The van der Waals surface area contributed by atoms with Crippen molar-refractivity contribution in [2.24, 2.45) is 0 Å². The van der Waals surface area contributed by atoms with Crippen LogP contribution in [-0.2, 0) is 0 Å². The van der Waals surface area contributed by atoms with Crippen molar-refractivity contribution in [2.45, 2.75) is 26.8 Å². The lowest BCUT2D eigenvalue weighted by Gasteiger charge is -2.14. The van der Waals surface area contributed by atoms with Crippen LogP contribution in [0.1, 0.15) is 50.6 Å². The van der Waals surface area contributed by atoms with Gasteiger partial charge < -0.3 is 15.2 Å². The van der Waals surface area contributed by atoms with Gasteiger partial charge in [-0.05, 0) is 39.0 Å². The maximum atomic E-state index is 12.5. The molecule has 6 nitrogen and oxygen atoms in total. The quantitative estimate of drug-likeness (QED) is 0.811. The van der Waals surface area contributed by atoms with Gasteiger partial charge in [0.25, 0.3) is 5.91 Å². The number of aryl methyl sites for hydroxylation is 1. The van der Waals surface area contributed by atoms with E-state index in [0.717, 1.165) is 11.3 Å². The van der Waals surface area contributed by atoms with Crippen LogP contribution in [-0.4, -0.2) is 28.6 Å². The Morgan fingerprint density at radius 1 is 1.46 bits per heavy atom. The summed E-state index contributed by atoms with van der Waals surface area (Å²) in [6, 6.07) is 4.35. The van der Waals surface area contributed by atoms with E-state index >= 15 is 0 Å². The first-order valence-corrected chi connectivity index (χ1v) is 8.46. The predicted octanol–water partition coefficient (Wildman–Crippen LogP) is 3.69. The average molecular weight is 369 g/mol. The lowest BCUT2D eigenvalue weighted by atomic mass is 10.1. The van der Waals surface area contributed by atoms with Crippen molar-refractivity contribution < 1.29 is 19.4 Å². The minimum absolute atomic E-state index is 0.174. The summed E-state index contributed by atoms with van der Waals surface area (Å²) in [6.45, 7) is 5.60. The molecule has 0 bridgehead atoms. The van der Waals surface area contributed by atoms with E-state index in [1.165, 1.54) is 0 Å². The SMILES string of the molecule is CCOc1cc(Cl)ccc1C(=O)NC(C)c1nc(C)c(C(=O)O)s1. The lowest BCUT2D eigenvalue weighted by Crippen LogP contribution is -2.27. The van der Waals surface area contributed by atoms with E-state index in [4.69, 9.17) is 21.4 Å². The Morgan fingerprint density at radius 3 is 2.75 bits per heavy atom. The van der Waals surface area contributed by atoms with Crippen molar-refractivity contribution in [1.82, 2.24) is 10.3 Å². The van der Waals surface area contributed by atoms with Gasteiger partial charge in [0.15, 0.2) is 0 Å². The second kappa shape index (κ2) is 7.63. The molecule has 0 saturated carbocycles. The number of carboxylic acids is 1. The molecule has 0 aliphatic rings. The van der Waals surface area contributed by atoms with E-state index in [0.29, 0.717) is 33.6 Å². The molecule has 0 aliphatic carbocycles. The van der Waals surface area contributed by atoms with Gasteiger partial charge >= 0.3 is 5.97 Å². The number of aromatic carboxylic acids is 1. The van der Waals surface area contributed by atoms with E-state index in [2.05, 4.69) is 10.3 Å². The highest BCUT2D eigenvalue weighted by molar-refractivity contribution is 7.13. The third kappa shape index (κ3) is 4.04. The van der Waals surface area contributed by atoms with E-state index in [1.54, 1.807) is 32.0 Å². The van der Waals surface area contributed by atoms with Gasteiger partial charge in [0.1, 0.15) is 15.6 Å². The normalized spacial score (nSPS) is 11.8. The molecule has 24 heavy (non-hydrogen) atoms. The number of carbonyl (C=O) groups excluding carboxylic acids is 1. The van der Waals surface area contributed by atoms with Crippen molar-refractivity contribution in [2.75, 3.05) is 6.61 Å². The monoisotopic (exact) mass is 368 g/mol. The second-order valence-corrected chi connectivity index (χ2v) is 6.51. The molecular formula is C16H17ClN2O4S. The molecule has 2 rings (SSSR count). The number of carboxylic acid groups (broad SMARTS) is 1. The van der Waals surface area contributed by atoms with Crippen molar-refractivity contribution >= 4 is 34.8 Å². The number of halogens is 1. The van der Waals surface area contributed by atoms with Crippen molar-refractivity contribution in [1.29, 1.82) is 0 Å². The fourth-order valence-corrected chi connectivity index (χ4v) is 3.17. The highest BCUT2D eigenvalue weighted by Gasteiger charge is 2.21. The van der Waals surface area contributed by atoms with Crippen LogP contribution in [0, 0.1) is 6.92 Å². The molecule has 0 spiro atoms. The number of nitrogens with one attached hydrogen (secondary N) is 1. The van der Waals surface area contributed by atoms with Gasteiger partial charge in [-0.3, -0.25) is 4.79 Å². The zero-order valence-electron chi connectivity index (χ0n) is 13.4. The topological polar surface area (TPSA) is 88.5 Å². The van der Waals surface area contributed by atoms with Gasteiger partial charge in [0, 0.05) is 5.02 Å². The number of rotatable bonds is 6. The smallest absolute Gasteiger partial charge is 0.347 e. The molecule has 0 radical (unpaired) electrons. The van der Waals surface area contributed by atoms with Crippen LogP contribution in [0.4, 0.5) is 0 Å². The third-order valence-electron chi connectivity index (χ3n) is 3.21. The highest BCUT2D eigenvalue weighted by Crippen LogP contribution is 2.26. The third-order valence-corrected chi connectivity index (χ3v) is 4.78. The number of benzene rings is 1. The van der Waals surface area contributed by atoms with Crippen LogP contribution in [0.2, 0.25) is 5.02 Å². The molecule has 1 aromatic carbocycles. The van der Waals surface area contributed by atoms with Crippen LogP contribution in [0.15, 0.2) is 18.2 Å². The molecule has 1 amide bonds. The maximum absolute atomic E-state index is 12.5. The molecule has 2 aromatic rings. The second-order valence-electron chi connectivity index (χ2n) is 5.04. The van der Waals surface area contributed by atoms with Crippen LogP contribution >= 0.6 is 22.9 Å². The molecule has 128 valence electrons. The van der Waals surface area contributed by atoms with E-state index in [-0.39, 0.29) is 10.8 Å². The number of hydrogen-bond acceptors (Lipinski definition) is 5. The number of hydrogen-bond donors (Lipinski definition) is 2. The van der Waals surface area contributed by atoms with Gasteiger partial charge in [-0.2, -0.15) is 0 Å². The summed E-state index contributed by atoms with van der Waals surface area (Å²) >= 11 is 6.99. The summed E-state index contributed by atoms with van der Waals surface area (Å²) in [4.78, 5) is 28.0. The van der Waals surface area contributed by atoms with Gasteiger partial charge in [-0.25, -0.2) is 9.78 Å². The molecule has 1 heterocycles. The summed E-state index contributed by atoms with van der Waals surface area (Å²) in [5, 5.41) is 12.9. The Labute approximate surface area is 148 Å². The molecule has 8 heteroatoms. The van der Waals surface area contributed by atoms with Crippen LogP contribution < -0.4 is 10.1 Å².